The summed E-state index contributed by atoms with van der Waals surface area (Å²) in [5.41, 5.74) is 0.567. The van der Waals surface area contributed by atoms with Gasteiger partial charge in [-0.2, -0.15) is 0 Å². The molecule has 0 aromatic heterocycles. The van der Waals surface area contributed by atoms with Gasteiger partial charge in [0.15, 0.2) is 6.10 Å². The molecular formula is C20H20F2O3. The summed E-state index contributed by atoms with van der Waals surface area (Å²) in [5, 5.41) is 0. The summed E-state index contributed by atoms with van der Waals surface area (Å²) in [6, 6.07) is 10.0. The Kier molecular flexibility index (Phi) is 5.36. The van der Waals surface area contributed by atoms with E-state index in [-0.39, 0.29) is 5.41 Å². The summed E-state index contributed by atoms with van der Waals surface area (Å²) < 4.78 is 32.2. The lowest BCUT2D eigenvalue weighted by atomic mass is 9.86. The quantitative estimate of drug-likeness (QED) is 0.596. The summed E-state index contributed by atoms with van der Waals surface area (Å²) in [7, 11) is 0. The first kappa shape index (κ1) is 18.8. The maximum absolute atomic E-state index is 13.6. The second kappa shape index (κ2) is 7.13. The number of ether oxygens (including phenoxy) is 1. The number of hydrogen-bond donors (Lipinski definition) is 0. The first-order chi connectivity index (χ1) is 11.6. The second-order valence-electron chi connectivity index (χ2n) is 6.84. The van der Waals surface area contributed by atoms with E-state index < -0.39 is 35.1 Å². The van der Waals surface area contributed by atoms with Crippen molar-refractivity contribution in [3.63, 3.8) is 0 Å². The molecule has 0 fully saturated rings. The molecule has 0 heterocycles. The summed E-state index contributed by atoms with van der Waals surface area (Å²) in [6.45, 7) is 7.53. The van der Waals surface area contributed by atoms with Gasteiger partial charge in [0, 0.05) is 5.56 Å². The summed E-state index contributed by atoms with van der Waals surface area (Å²) in [4.78, 5) is 24.3. The number of esters is 1. The first-order valence-corrected chi connectivity index (χ1v) is 7.91. The van der Waals surface area contributed by atoms with Gasteiger partial charge in [0.2, 0.25) is 5.78 Å². The largest absolute Gasteiger partial charge is 0.451 e. The molecule has 1 atom stereocenters. The van der Waals surface area contributed by atoms with Crippen molar-refractivity contribution in [2.45, 2.75) is 39.2 Å². The third-order valence-electron chi connectivity index (χ3n) is 3.86. The Morgan fingerprint density at radius 1 is 0.960 bits per heavy atom. The Bertz CT molecular complexity index is 769. The maximum Gasteiger partial charge on any atom is 0.344 e. The predicted molar refractivity (Wildman–Crippen MR) is 90.7 cm³/mol. The van der Waals surface area contributed by atoms with Gasteiger partial charge in [-0.3, -0.25) is 4.79 Å². The lowest BCUT2D eigenvalue weighted by Gasteiger charge is -2.19. The zero-order valence-electron chi connectivity index (χ0n) is 14.6. The molecular weight excluding hydrogens is 326 g/mol. The van der Waals surface area contributed by atoms with Crippen molar-refractivity contribution in [2.24, 2.45) is 0 Å². The number of benzene rings is 2. The molecule has 0 spiro atoms. The highest BCUT2D eigenvalue weighted by molar-refractivity contribution is 6.01. The molecule has 0 amide bonds. The first-order valence-electron chi connectivity index (χ1n) is 7.91. The minimum atomic E-state index is -1.21. The molecule has 0 unspecified atom stereocenters. The molecule has 132 valence electrons. The molecule has 0 radical (unpaired) electrons. The number of ketones is 1. The van der Waals surface area contributed by atoms with Crippen molar-refractivity contribution in [1.82, 2.24) is 0 Å². The van der Waals surface area contributed by atoms with E-state index in [9.17, 15) is 18.4 Å². The molecule has 0 aliphatic rings. The van der Waals surface area contributed by atoms with Crippen LogP contribution in [0.2, 0.25) is 0 Å². The monoisotopic (exact) mass is 346 g/mol. The average Bonchev–Trinajstić information content (AvgIpc) is 2.53. The Labute approximate surface area is 145 Å². The number of carbonyl (C=O) groups is 2. The maximum atomic E-state index is 13.6. The fourth-order valence-corrected chi connectivity index (χ4v) is 2.34. The van der Waals surface area contributed by atoms with E-state index in [1.807, 2.05) is 12.1 Å². The van der Waals surface area contributed by atoms with Crippen molar-refractivity contribution in [1.29, 1.82) is 0 Å². The van der Waals surface area contributed by atoms with Gasteiger partial charge in [0.05, 0.1) is 0 Å². The van der Waals surface area contributed by atoms with Crippen LogP contribution in [0, 0.1) is 11.6 Å². The van der Waals surface area contributed by atoms with E-state index >= 15 is 0 Å². The third-order valence-corrected chi connectivity index (χ3v) is 3.86. The van der Waals surface area contributed by atoms with Crippen molar-refractivity contribution >= 4 is 11.8 Å². The third kappa shape index (κ3) is 4.29. The smallest absolute Gasteiger partial charge is 0.344 e. The molecule has 2 rings (SSSR count). The molecule has 2 aromatic rings. The van der Waals surface area contributed by atoms with E-state index in [1.54, 1.807) is 12.1 Å². The lowest BCUT2D eigenvalue weighted by molar-refractivity contribution is 0.0309. The van der Waals surface area contributed by atoms with Crippen LogP contribution < -0.4 is 0 Å². The topological polar surface area (TPSA) is 43.4 Å². The molecule has 0 saturated carbocycles. The zero-order chi connectivity index (χ0) is 18.8. The molecule has 3 nitrogen and oxygen atoms in total. The van der Waals surface area contributed by atoms with Crippen LogP contribution in [0.4, 0.5) is 8.78 Å². The van der Waals surface area contributed by atoms with E-state index in [4.69, 9.17) is 4.74 Å². The van der Waals surface area contributed by atoms with Crippen molar-refractivity contribution < 1.29 is 23.1 Å². The van der Waals surface area contributed by atoms with Gasteiger partial charge in [0.1, 0.15) is 17.2 Å². The van der Waals surface area contributed by atoms with E-state index in [0.29, 0.717) is 5.56 Å². The summed E-state index contributed by atoms with van der Waals surface area (Å²) >= 11 is 0. The molecule has 0 aliphatic heterocycles. The normalized spacial score (nSPS) is 12.6. The Hall–Kier alpha value is -2.56. The van der Waals surface area contributed by atoms with Gasteiger partial charge in [-0.1, -0.05) is 51.1 Å². The van der Waals surface area contributed by atoms with Crippen LogP contribution in [0.1, 0.15) is 54.0 Å². The fraction of sp³-hybridized carbons (Fsp3) is 0.300. The number of halogens is 2. The van der Waals surface area contributed by atoms with Crippen LogP contribution in [-0.4, -0.2) is 17.9 Å². The molecule has 0 aliphatic carbocycles. The van der Waals surface area contributed by atoms with E-state index in [0.717, 1.165) is 23.8 Å². The molecule has 0 bridgehead atoms. The van der Waals surface area contributed by atoms with Gasteiger partial charge >= 0.3 is 5.97 Å². The number of Topliss-reactive ketones (excluding diaryl/α,β-unsaturated/α-hetero) is 1. The van der Waals surface area contributed by atoms with Gasteiger partial charge in [-0.15, -0.1) is 0 Å². The van der Waals surface area contributed by atoms with Crippen molar-refractivity contribution in [2.75, 3.05) is 0 Å². The van der Waals surface area contributed by atoms with Crippen LogP contribution in [0.3, 0.4) is 0 Å². The Balaban J connectivity index is 2.14. The highest BCUT2D eigenvalue weighted by Gasteiger charge is 2.25. The van der Waals surface area contributed by atoms with E-state index in [2.05, 4.69) is 20.8 Å². The van der Waals surface area contributed by atoms with Crippen LogP contribution in [-0.2, 0) is 10.2 Å². The van der Waals surface area contributed by atoms with E-state index in [1.165, 1.54) is 6.92 Å². The Morgan fingerprint density at radius 3 is 1.96 bits per heavy atom. The van der Waals surface area contributed by atoms with Gasteiger partial charge in [-0.25, -0.2) is 13.6 Å². The minimum absolute atomic E-state index is 0.0535. The molecule has 25 heavy (non-hydrogen) atoms. The summed E-state index contributed by atoms with van der Waals surface area (Å²) in [5.74, 6) is -3.70. The summed E-state index contributed by atoms with van der Waals surface area (Å²) in [6.07, 6.45) is -1.16. The number of rotatable bonds is 4. The van der Waals surface area contributed by atoms with Crippen LogP contribution in [0.25, 0.3) is 0 Å². The standard InChI is InChI=1S/C20H20F2O3/c1-12(25-19(24)17-15(21)6-5-7-16(17)22)18(23)13-8-10-14(11-9-13)20(2,3)4/h5-12H,1-4H3/t12-/m1/s1. The van der Waals surface area contributed by atoms with Gasteiger partial charge in [-0.05, 0) is 30.0 Å². The fourth-order valence-electron chi connectivity index (χ4n) is 2.34. The average molecular weight is 346 g/mol. The highest BCUT2D eigenvalue weighted by Crippen LogP contribution is 2.23. The number of carbonyl (C=O) groups excluding carboxylic acids is 2. The Morgan fingerprint density at radius 2 is 1.48 bits per heavy atom. The molecule has 0 saturated heterocycles. The van der Waals surface area contributed by atoms with Crippen LogP contribution in [0.15, 0.2) is 42.5 Å². The molecule has 5 heteroatoms. The van der Waals surface area contributed by atoms with Crippen LogP contribution >= 0.6 is 0 Å². The van der Waals surface area contributed by atoms with Crippen LogP contribution in [0.5, 0.6) is 0 Å². The number of hydrogen-bond acceptors (Lipinski definition) is 3. The molecule has 0 N–H and O–H groups in total. The predicted octanol–water partition coefficient (Wildman–Crippen LogP) is 4.69. The zero-order valence-corrected chi connectivity index (χ0v) is 14.6. The molecule has 2 aromatic carbocycles. The second-order valence-corrected chi connectivity index (χ2v) is 6.84. The van der Waals surface area contributed by atoms with Crippen molar-refractivity contribution in [3.05, 3.63) is 70.8 Å². The minimum Gasteiger partial charge on any atom is -0.451 e. The van der Waals surface area contributed by atoms with Gasteiger partial charge < -0.3 is 4.74 Å². The highest BCUT2D eigenvalue weighted by atomic mass is 19.1. The SMILES string of the molecule is C[C@@H](OC(=O)c1c(F)cccc1F)C(=O)c1ccc(C(C)(C)C)cc1. The van der Waals surface area contributed by atoms with Crippen molar-refractivity contribution in [3.8, 4) is 0 Å². The lowest BCUT2D eigenvalue weighted by Crippen LogP contribution is -2.25. The van der Waals surface area contributed by atoms with Gasteiger partial charge in [0.25, 0.3) is 0 Å².